The van der Waals surface area contributed by atoms with Gasteiger partial charge in [0.2, 0.25) is 5.95 Å². The third kappa shape index (κ3) is 5.13. The average Bonchev–Trinajstić information content (AvgIpc) is 2.23. The van der Waals surface area contributed by atoms with E-state index in [0.717, 1.165) is 30.8 Å². The highest BCUT2D eigenvalue weighted by molar-refractivity contribution is 5.28. The van der Waals surface area contributed by atoms with E-state index in [-0.39, 0.29) is 6.10 Å². The van der Waals surface area contributed by atoms with Crippen molar-refractivity contribution in [2.45, 2.75) is 52.6 Å². The van der Waals surface area contributed by atoms with Gasteiger partial charge in [0.15, 0.2) is 0 Å². The molecule has 0 bridgehead atoms. The third-order valence-corrected chi connectivity index (χ3v) is 2.55. The third-order valence-electron chi connectivity index (χ3n) is 2.55. The Kier molecular flexibility index (Phi) is 5.35. The van der Waals surface area contributed by atoms with Crippen LogP contribution in [0.3, 0.4) is 0 Å². The van der Waals surface area contributed by atoms with E-state index in [1.807, 2.05) is 13.0 Å². The van der Waals surface area contributed by atoms with Gasteiger partial charge >= 0.3 is 0 Å². The molecule has 0 aliphatic rings. The summed E-state index contributed by atoms with van der Waals surface area (Å²) in [5.74, 6) is 1.11. The lowest BCUT2D eigenvalue weighted by Gasteiger charge is -2.10. The van der Waals surface area contributed by atoms with Crippen LogP contribution in [0, 0.1) is 6.92 Å². The SMILES string of the molecule is Cc1cc(C(C)C)nc(NCCCC(C)O)n1. The molecule has 0 fully saturated rings. The molecule has 0 aliphatic heterocycles. The maximum atomic E-state index is 9.15. The molecule has 2 N–H and O–H groups in total. The predicted molar refractivity (Wildman–Crippen MR) is 70.3 cm³/mol. The summed E-state index contributed by atoms with van der Waals surface area (Å²) in [4.78, 5) is 8.81. The van der Waals surface area contributed by atoms with Crippen LogP contribution >= 0.6 is 0 Å². The highest BCUT2D eigenvalue weighted by Crippen LogP contribution is 2.14. The van der Waals surface area contributed by atoms with Crippen LogP contribution in [0.15, 0.2) is 6.07 Å². The molecule has 4 nitrogen and oxygen atoms in total. The van der Waals surface area contributed by atoms with Crippen molar-refractivity contribution in [2.75, 3.05) is 11.9 Å². The van der Waals surface area contributed by atoms with Crippen molar-refractivity contribution in [1.82, 2.24) is 9.97 Å². The first-order valence-corrected chi connectivity index (χ1v) is 6.26. The molecule has 1 unspecified atom stereocenters. The van der Waals surface area contributed by atoms with Gasteiger partial charge < -0.3 is 10.4 Å². The van der Waals surface area contributed by atoms with Crippen molar-refractivity contribution in [3.8, 4) is 0 Å². The number of nitrogens with one attached hydrogen (secondary N) is 1. The zero-order chi connectivity index (χ0) is 12.8. The van der Waals surface area contributed by atoms with Gasteiger partial charge in [-0.1, -0.05) is 13.8 Å². The summed E-state index contributed by atoms with van der Waals surface area (Å²) in [6.45, 7) is 8.83. The van der Waals surface area contributed by atoms with E-state index in [9.17, 15) is 0 Å². The number of aromatic nitrogens is 2. The zero-order valence-corrected chi connectivity index (χ0v) is 11.2. The topological polar surface area (TPSA) is 58.0 Å². The average molecular weight is 237 g/mol. The molecule has 4 heteroatoms. The summed E-state index contributed by atoms with van der Waals surface area (Å²) in [5.41, 5.74) is 2.05. The van der Waals surface area contributed by atoms with E-state index in [2.05, 4.69) is 29.1 Å². The van der Waals surface area contributed by atoms with Crippen LogP contribution in [0.5, 0.6) is 0 Å². The van der Waals surface area contributed by atoms with Gasteiger partial charge in [-0.15, -0.1) is 0 Å². The minimum Gasteiger partial charge on any atom is -0.393 e. The molecule has 0 aromatic carbocycles. The monoisotopic (exact) mass is 237 g/mol. The first-order valence-electron chi connectivity index (χ1n) is 6.26. The van der Waals surface area contributed by atoms with E-state index in [1.165, 1.54) is 0 Å². The molecule has 0 spiro atoms. The lowest BCUT2D eigenvalue weighted by Crippen LogP contribution is -2.10. The molecular formula is C13H23N3O. The second kappa shape index (κ2) is 6.55. The van der Waals surface area contributed by atoms with Crippen LogP contribution in [-0.2, 0) is 0 Å². The Morgan fingerprint density at radius 1 is 1.29 bits per heavy atom. The fourth-order valence-corrected chi connectivity index (χ4v) is 1.57. The van der Waals surface area contributed by atoms with Gasteiger partial charge in [-0.3, -0.25) is 0 Å². The predicted octanol–water partition coefficient (Wildman–Crippen LogP) is 2.48. The molecule has 1 rings (SSSR count). The number of hydrogen-bond acceptors (Lipinski definition) is 4. The number of hydrogen-bond donors (Lipinski definition) is 2. The Hall–Kier alpha value is -1.16. The summed E-state index contributed by atoms with van der Waals surface area (Å²) < 4.78 is 0. The molecule has 1 heterocycles. The van der Waals surface area contributed by atoms with Gasteiger partial charge in [-0.25, -0.2) is 9.97 Å². The number of nitrogens with zero attached hydrogens (tertiary/aromatic N) is 2. The van der Waals surface area contributed by atoms with Gasteiger partial charge in [0, 0.05) is 17.9 Å². The maximum Gasteiger partial charge on any atom is 0.223 e. The molecule has 1 aromatic heterocycles. The minimum atomic E-state index is -0.235. The molecule has 0 amide bonds. The number of aryl methyl sites for hydroxylation is 1. The van der Waals surface area contributed by atoms with Gasteiger partial charge in [0.1, 0.15) is 0 Å². The number of rotatable bonds is 6. The van der Waals surface area contributed by atoms with Crippen LogP contribution in [0.4, 0.5) is 5.95 Å². The number of aliphatic hydroxyl groups is 1. The summed E-state index contributed by atoms with van der Waals surface area (Å²) in [6, 6.07) is 2.02. The highest BCUT2D eigenvalue weighted by atomic mass is 16.3. The van der Waals surface area contributed by atoms with Gasteiger partial charge in [-0.05, 0) is 38.7 Å². The maximum absolute atomic E-state index is 9.15. The van der Waals surface area contributed by atoms with Crippen LogP contribution in [0.1, 0.15) is 50.9 Å². The Bertz CT molecular complexity index is 351. The van der Waals surface area contributed by atoms with Gasteiger partial charge in [-0.2, -0.15) is 0 Å². The minimum absolute atomic E-state index is 0.235. The molecule has 0 radical (unpaired) electrons. The molecule has 1 aromatic rings. The quantitative estimate of drug-likeness (QED) is 0.746. The van der Waals surface area contributed by atoms with Crippen LogP contribution in [-0.4, -0.2) is 27.7 Å². The van der Waals surface area contributed by atoms with E-state index in [4.69, 9.17) is 5.11 Å². The normalized spacial score (nSPS) is 12.8. The second-order valence-corrected chi connectivity index (χ2v) is 4.83. The molecule has 17 heavy (non-hydrogen) atoms. The van der Waals surface area contributed by atoms with Crippen LogP contribution in [0.25, 0.3) is 0 Å². The molecule has 0 saturated heterocycles. The zero-order valence-electron chi connectivity index (χ0n) is 11.2. The standard InChI is InChI=1S/C13H23N3O/c1-9(2)12-8-10(3)15-13(16-12)14-7-5-6-11(4)17/h8-9,11,17H,5-7H2,1-4H3,(H,14,15,16). The fourth-order valence-electron chi connectivity index (χ4n) is 1.57. The summed E-state index contributed by atoms with van der Waals surface area (Å²) in [7, 11) is 0. The lowest BCUT2D eigenvalue weighted by atomic mass is 10.1. The first-order chi connectivity index (χ1) is 7.99. The van der Waals surface area contributed by atoms with Crippen molar-refractivity contribution in [3.63, 3.8) is 0 Å². The second-order valence-electron chi connectivity index (χ2n) is 4.83. The number of aliphatic hydroxyl groups excluding tert-OH is 1. The Labute approximate surface area is 103 Å². The molecule has 1 atom stereocenters. The van der Waals surface area contributed by atoms with Gasteiger partial charge in [0.05, 0.1) is 6.10 Å². The van der Waals surface area contributed by atoms with Crippen molar-refractivity contribution >= 4 is 5.95 Å². The summed E-state index contributed by atoms with van der Waals surface area (Å²) >= 11 is 0. The molecule has 0 aliphatic carbocycles. The van der Waals surface area contributed by atoms with Gasteiger partial charge in [0.25, 0.3) is 0 Å². The van der Waals surface area contributed by atoms with E-state index in [0.29, 0.717) is 11.9 Å². The Morgan fingerprint density at radius 2 is 2.00 bits per heavy atom. The Morgan fingerprint density at radius 3 is 2.59 bits per heavy atom. The lowest BCUT2D eigenvalue weighted by molar-refractivity contribution is 0.183. The van der Waals surface area contributed by atoms with Crippen molar-refractivity contribution in [3.05, 3.63) is 17.5 Å². The molecule has 96 valence electrons. The van der Waals surface area contributed by atoms with E-state index < -0.39 is 0 Å². The van der Waals surface area contributed by atoms with Crippen LogP contribution < -0.4 is 5.32 Å². The molecule has 0 saturated carbocycles. The summed E-state index contributed by atoms with van der Waals surface area (Å²) in [5, 5.41) is 12.4. The summed E-state index contributed by atoms with van der Waals surface area (Å²) in [6.07, 6.45) is 1.49. The van der Waals surface area contributed by atoms with Crippen molar-refractivity contribution in [1.29, 1.82) is 0 Å². The van der Waals surface area contributed by atoms with E-state index >= 15 is 0 Å². The largest absolute Gasteiger partial charge is 0.393 e. The highest BCUT2D eigenvalue weighted by Gasteiger charge is 2.05. The van der Waals surface area contributed by atoms with Crippen molar-refractivity contribution < 1.29 is 5.11 Å². The number of anilines is 1. The fraction of sp³-hybridized carbons (Fsp3) is 0.692. The smallest absolute Gasteiger partial charge is 0.223 e. The van der Waals surface area contributed by atoms with E-state index in [1.54, 1.807) is 6.92 Å². The van der Waals surface area contributed by atoms with Crippen LogP contribution in [0.2, 0.25) is 0 Å². The molecular weight excluding hydrogens is 214 g/mol. The Balaban J connectivity index is 2.53. The first kappa shape index (κ1) is 13.9. The van der Waals surface area contributed by atoms with Crippen molar-refractivity contribution in [2.24, 2.45) is 0 Å².